The quantitative estimate of drug-likeness (QED) is 0.702. The van der Waals surface area contributed by atoms with E-state index in [0.29, 0.717) is 18.2 Å². The second kappa shape index (κ2) is 4.81. The SMILES string of the molecule is CC1NCCC1C(=O)CC#CC(C)(C)C. The molecule has 1 rings (SSSR count). The maximum absolute atomic E-state index is 11.8. The van der Waals surface area contributed by atoms with Crippen LogP contribution in [0.25, 0.3) is 0 Å². The summed E-state index contributed by atoms with van der Waals surface area (Å²) in [4.78, 5) is 11.8. The molecule has 1 N–H and O–H groups in total. The molecule has 1 aliphatic rings. The highest BCUT2D eigenvalue weighted by atomic mass is 16.1. The Morgan fingerprint density at radius 3 is 2.60 bits per heavy atom. The third-order valence-electron chi connectivity index (χ3n) is 2.66. The first kappa shape index (κ1) is 12.3. The summed E-state index contributed by atoms with van der Waals surface area (Å²) in [6.07, 6.45) is 1.38. The number of nitrogens with one attached hydrogen (secondary N) is 1. The highest BCUT2D eigenvalue weighted by Crippen LogP contribution is 2.17. The normalized spacial score (nSPS) is 25.9. The summed E-state index contributed by atoms with van der Waals surface area (Å²) in [5.41, 5.74) is -0.000177. The molecular weight excluding hydrogens is 186 g/mol. The number of hydrogen-bond acceptors (Lipinski definition) is 2. The maximum Gasteiger partial charge on any atom is 0.149 e. The molecule has 84 valence electrons. The molecule has 15 heavy (non-hydrogen) atoms. The van der Waals surface area contributed by atoms with Gasteiger partial charge in [-0.05, 0) is 40.7 Å². The van der Waals surface area contributed by atoms with Crippen LogP contribution in [0.15, 0.2) is 0 Å². The number of rotatable bonds is 2. The molecule has 1 fully saturated rings. The van der Waals surface area contributed by atoms with Crippen LogP contribution < -0.4 is 5.32 Å². The van der Waals surface area contributed by atoms with Crippen molar-refractivity contribution < 1.29 is 4.79 Å². The summed E-state index contributed by atoms with van der Waals surface area (Å²) < 4.78 is 0. The van der Waals surface area contributed by atoms with Crippen molar-refractivity contribution in [2.45, 2.75) is 46.6 Å². The lowest BCUT2D eigenvalue weighted by Gasteiger charge is -2.12. The molecule has 0 aliphatic carbocycles. The Bertz CT molecular complexity index is 290. The van der Waals surface area contributed by atoms with Gasteiger partial charge < -0.3 is 5.32 Å². The lowest BCUT2D eigenvalue weighted by Crippen LogP contribution is -2.27. The zero-order chi connectivity index (χ0) is 11.5. The van der Waals surface area contributed by atoms with Crippen molar-refractivity contribution in [2.75, 3.05) is 6.54 Å². The van der Waals surface area contributed by atoms with Crippen molar-refractivity contribution >= 4 is 5.78 Å². The van der Waals surface area contributed by atoms with Crippen LogP contribution in [0.1, 0.15) is 40.5 Å². The first-order valence-corrected chi connectivity index (χ1v) is 5.66. The molecule has 0 spiro atoms. The van der Waals surface area contributed by atoms with Crippen LogP contribution in [-0.4, -0.2) is 18.4 Å². The average molecular weight is 207 g/mol. The van der Waals surface area contributed by atoms with Gasteiger partial charge in [0.05, 0.1) is 6.42 Å². The molecule has 1 saturated heterocycles. The van der Waals surface area contributed by atoms with Crippen LogP contribution in [0.3, 0.4) is 0 Å². The second-order valence-electron chi connectivity index (χ2n) is 5.33. The van der Waals surface area contributed by atoms with Crippen molar-refractivity contribution in [2.24, 2.45) is 11.3 Å². The Morgan fingerprint density at radius 2 is 2.13 bits per heavy atom. The van der Waals surface area contributed by atoms with E-state index in [4.69, 9.17) is 0 Å². The van der Waals surface area contributed by atoms with Gasteiger partial charge in [-0.25, -0.2) is 0 Å². The minimum atomic E-state index is -0.000177. The molecule has 0 aromatic carbocycles. The fourth-order valence-corrected chi connectivity index (χ4v) is 1.83. The monoisotopic (exact) mass is 207 g/mol. The molecular formula is C13H21NO. The van der Waals surface area contributed by atoms with E-state index >= 15 is 0 Å². The third kappa shape index (κ3) is 4.05. The van der Waals surface area contributed by atoms with Gasteiger partial charge in [0.1, 0.15) is 5.78 Å². The smallest absolute Gasteiger partial charge is 0.149 e. The first-order chi connectivity index (χ1) is 6.90. The Balaban J connectivity index is 2.45. The Kier molecular flexibility index (Phi) is 3.93. The van der Waals surface area contributed by atoms with Crippen molar-refractivity contribution in [1.29, 1.82) is 0 Å². The maximum atomic E-state index is 11.8. The van der Waals surface area contributed by atoms with Crippen LogP contribution in [0.4, 0.5) is 0 Å². The predicted molar refractivity (Wildman–Crippen MR) is 62.4 cm³/mol. The lowest BCUT2D eigenvalue weighted by atomic mass is 9.93. The van der Waals surface area contributed by atoms with Gasteiger partial charge in [-0.2, -0.15) is 0 Å². The Labute approximate surface area is 92.8 Å². The molecule has 0 bridgehead atoms. The Hall–Kier alpha value is -0.810. The van der Waals surface area contributed by atoms with E-state index in [1.54, 1.807) is 0 Å². The lowest BCUT2D eigenvalue weighted by molar-refractivity contribution is -0.121. The predicted octanol–water partition coefficient (Wildman–Crippen LogP) is 1.99. The minimum absolute atomic E-state index is 0.000177. The number of carbonyl (C=O) groups excluding carboxylic acids is 1. The molecule has 1 heterocycles. The van der Waals surface area contributed by atoms with Crippen LogP contribution in [0.2, 0.25) is 0 Å². The highest BCUT2D eigenvalue weighted by molar-refractivity contribution is 5.84. The van der Waals surface area contributed by atoms with Crippen LogP contribution >= 0.6 is 0 Å². The van der Waals surface area contributed by atoms with E-state index in [1.165, 1.54) is 0 Å². The van der Waals surface area contributed by atoms with E-state index in [-0.39, 0.29) is 11.3 Å². The van der Waals surface area contributed by atoms with E-state index in [1.807, 2.05) is 0 Å². The van der Waals surface area contributed by atoms with E-state index in [9.17, 15) is 4.79 Å². The largest absolute Gasteiger partial charge is 0.314 e. The highest BCUT2D eigenvalue weighted by Gasteiger charge is 2.28. The molecule has 0 saturated carbocycles. The first-order valence-electron chi connectivity index (χ1n) is 5.66. The molecule has 0 aromatic heterocycles. The van der Waals surface area contributed by atoms with E-state index in [2.05, 4.69) is 44.9 Å². The summed E-state index contributed by atoms with van der Waals surface area (Å²) in [5.74, 6) is 6.57. The second-order valence-corrected chi connectivity index (χ2v) is 5.33. The van der Waals surface area contributed by atoms with Crippen molar-refractivity contribution in [3.05, 3.63) is 0 Å². The topological polar surface area (TPSA) is 29.1 Å². The molecule has 1 aliphatic heterocycles. The van der Waals surface area contributed by atoms with Gasteiger partial charge in [-0.3, -0.25) is 4.79 Å². The van der Waals surface area contributed by atoms with Gasteiger partial charge in [-0.1, -0.05) is 11.8 Å². The third-order valence-corrected chi connectivity index (χ3v) is 2.66. The van der Waals surface area contributed by atoms with Crippen LogP contribution in [0, 0.1) is 23.2 Å². The summed E-state index contributed by atoms with van der Waals surface area (Å²) >= 11 is 0. The van der Waals surface area contributed by atoms with Crippen molar-refractivity contribution in [3.8, 4) is 11.8 Å². The van der Waals surface area contributed by atoms with Gasteiger partial charge in [0.2, 0.25) is 0 Å². The van der Waals surface area contributed by atoms with Crippen LogP contribution in [-0.2, 0) is 4.79 Å². The summed E-state index contributed by atoms with van der Waals surface area (Å²) in [6.45, 7) is 9.22. The average Bonchev–Trinajstić information content (AvgIpc) is 2.48. The summed E-state index contributed by atoms with van der Waals surface area (Å²) in [7, 11) is 0. The molecule has 0 radical (unpaired) electrons. The molecule has 2 heteroatoms. The molecule has 2 unspecified atom stereocenters. The van der Waals surface area contributed by atoms with Gasteiger partial charge in [0.15, 0.2) is 0 Å². The standard InChI is InChI=1S/C13H21NO/c1-10-11(7-9-14-10)12(15)6-5-8-13(2,3)4/h10-11,14H,6-7,9H2,1-4H3. The molecule has 2 atom stereocenters. The van der Waals surface area contributed by atoms with Crippen molar-refractivity contribution in [1.82, 2.24) is 5.32 Å². The number of hydrogen-bond donors (Lipinski definition) is 1. The van der Waals surface area contributed by atoms with E-state index in [0.717, 1.165) is 13.0 Å². The molecule has 0 aromatic rings. The Morgan fingerprint density at radius 1 is 1.47 bits per heavy atom. The fraction of sp³-hybridized carbons (Fsp3) is 0.769. The van der Waals surface area contributed by atoms with E-state index < -0.39 is 0 Å². The van der Waals surface area contributed by atoms with Gasteiger partial charge in [-0.15, -0.1) is 0 Å². The van der Waals surface area contributed by atoms with Gasteiger partial charge in [0, 0.05) is 17.4 Å². The number of Topliss-reactive ketones (excluding diaryl/α,β-unsaturated/α-hetero) is 1. The number of carbonyl (C=O) groups is 1. The van der Waals surface area contributed by atoms with Crippen molar-refractivity contribution in [3.63, 3.8) is 0 Å². The van der Waals surface area contributed by atoms with Gasteiger partial charge in [0.25, 0.3) is 0 Å². The fourth-order valence-electron chi connectivity index (χ4n) is 1.83. The summed E-state index contributed by atoms with van der Waals surface area (Å²) in [5, 5.41) is 3.29. The zero-order valence-electron chi connectivity index (χ0n) is 10.2. The van der Waals surface area contributed by atoms with Gasteiger partial charge >= 0.3 is 0 Å². The minimum Gasteiger partial charge on any atom is -0.314 e. The number of ketones is 1. The summed E-state index contributed by atoms with van der Waals surface area (Å²) in [6, 6.07) is 0.328. The molecule has 2 nitrogen and oxygen atoms in total. The molecule has 0 amide bonds. The zero-order valence-corrected chi connectivity index (χ0v) is 10.2. The van der Waals surface area contributed by atoms with Crippen LogP contribution in [0.5, 0.6) is 0 Å².